The number of aromatic nitrogens is 3. The Balaban J connectivity index is 1.66. The second-order valence-corrected chi connectivity index (χ2v) is 7.29. The van der Waals surface area contributed by atoms with Crippen molar-refractivity contribution in [2.45, 2.75) is 13.8 Å². The van der Waals surface area contributed by atoms with Crippen molar-refractivity contribution < 1.29 is 0 Å². The van der Waals surface area contributed by atoms with Crippen molar-refractivity contribution in [2.75, 3.05) is 16.0 Å². The average Bonchev–Trinajstić information content (AvgIpc) is 2.70. The molecular formula is C23H23BN6. The zero-order valence-electron chi connectivity index (χ0n) is 17.3. The maximum Gasteiger partial charge on any atom is 0.233 e. The number of benzene rings is 3. The van der Waals surface area contributed by atoms with E-state index in [1.54, 1.807) is 0 Å². The lowest BCUT2D eigenvalue weighted by Gasteiger charge is -2.12. The molecule has 0 amide bonds. The van der Waals surface area contributed by atoms with Crippen LogP contribution in [0.25, 0.3) is 0 Å². The Hall–Kier alpha value is -3.87. The first-order valence-corrected chi connectivity index (χ1v) is 9.81. The van der Waals surface area contributed by atoms with Gasteiger partial charge in [0, 0.05) is 17.1 Å². The van der Waals surface area contributed by atoms with E-state index < -0.39 is 0 Å². The van der Waals surface area contributed by atoms with Crippen LogP contribution in [0.5, 0.6) is 0 Å². The van der Waals surface area contributed by atoms with Gasteiger partial charge in [-0.1, -0.05) is 41.9 Å². The van der Waals surface area contributed by atoms with E-state index >= 15 is 0 Å². The minimum atomic E-state index is 0.458. The summed E-state index contributed by atoms with van der Waals surface area (Å²) in [5.41, 5.74) is 6.26. The highest BCUT2D eigenvalue weighted by atomic mass is 15.3. The maximum atomic E-state index is 4.55. The van der Waals surface area contributed by atoms with Crippen molar-refractivity contribution >= 4 is 48.2 Å². The Labute approximate surface area is 177 Å². The van der Waals surface area contributed by atoms with Crippen molar-refractivity contribution in [3.63, 3.8) is 0 Å². The van der Waals surface area contributed by atoms with E-state index in [2.05, 4.69) is 38.7 Å². The smallest absolute Gasteiger partial charge is 0.233 e. The van der Waals surface area contributed by atoms with Gasteiger partial charge in [-0.3, -0.25) is 0 Å². The van der Waals surface area contributed by atoms with E-state index in [0.29, 0.717) is 17.8 Å². The molecule has 0 unspecified atom stereocenters. The molecule has 6 nitrogen and oxygen atoms in total. The Morgan fingerprint density at radius 1 is 0.567 bits per heavy atom. The van der Waals surface area contributed by atoms with Crippen LogP contribution < -0.4 is 21.4 Å². The lowest BCUT2D eigenvalue weighted by molar-refractivity contribution is 1.06. The number of rotatable bonds is 6. The third kappa shape index (κ3) is 5.14. The molecule has 4 aromatic rings. The molecule has 0 aliphatic heterocycles. The second kappa shape index (κ2) is 8.65. The van der Waals surface area contributed by atoms with Gasteiger partial charge in [-0.05, 0) is 61.4 Å². The lowest BCUT2D eigenvalue weighted by atomic mass is 9.96. The van der Waals surface area contributed by atoms with Crippen LogP contribution in [0.1, 0.15) is 11.1 Å². The fourth-order valence-electron chi connectivity index (χ4n) is 3.01. The highest BCUT2D eigenvalue weighted by molar-refractivity contribution is 6.32. The maximum absolute atomic E-state index is 4.55. The molecule has 0 saturated carbocycles. The van der Waals surface area contributed by atoms with E-state index in [1.807, 2.05) is 86.6 Å². The first-order chi connectivity index (χ1) is 14.5. The standard InChI is InChI=1S/C23H23BN6/c1-15-5-3-7-19(13-15)26-22-28-21(25-18-11-9-17(24)10-12-18)29-23(30-22)27-20-8-4-6-16(2)14-20/h3-14H,24H2,1-2H3,(H3,25,26,27,28,29,30). The molecule has 0 radical (unpaired) electrons. The van der Waals surface area contributed by atoms with Crippen LogP contribution >= 0.6 is 0 Å². The van der Waals surface area contributed by atoms with Crippen molar-refractivity contribution in [3.05, 3.63) is 83.9 Å². The summed E-state index contributed by atoms with van der Waals surface area (Å²) in [7, 11) is 2.06. The summed E-state index contributed by atoms with van der Waals surface area (Å²) in [6.45, 7) is 4.10. The first kappa shape index (κ1) is 19.5. The molecular weight excluding hydrogens is 371 g/mol. The minimum Gasteiger partial charge on any atom is -0.324 e. The Kier molecular flexibility index (Phi) is 5.61. The molecule has 7 heteroatoms. The third-order valence-electron chi connectivity index (χ3n) is 4.49. The van der Waals surface area contributed by atoms with E-state index in [9.17, 15) is 0 Å². The van der Waals surface area contributed by atoms with Gasteiger partial charge < -0.3 is 16.0 Å². The predicted molar refractivity (Wildman–Crippen MR) is 127 cm³/mol. The van der Waals surface area contributed by atoms with Gasteiger partial charge in [0.2, 0.25) is 17.8 Å². The largest absolute Gasteiger partial charge is 0.324 e. The summed E-state index contributed by atoms with van der Waals surface area (Å²) in [5, 5.41) is 9.81. The number of hydrogen-bond donors (Lipinski definition) is 3. The summed E-state index contributed by atoms with van der Waals surface area (Å²) in [6, 6.07) is 24.2. The van der Waals surface area contributed by atoms with Crippen LogP contribution in [0, 0.1) is 13.8 Å². The molecule has 3 aromatic carbocycles. The summed E-state index contributed by atoms with van der Waals surface area (Å²) in [5.74, 6) is 1.37. The predicted octanol–water partition coefficient (Wildman–Crippen LogP) is 3.98. The third-order valence-corrected chi connectivity index (χ3v) is 4.49. The van der Waals surface area contributed by atoms with Crippen LogP contribution in [0.3, 0.4) is 0 Å². The lowest BCUT2D eigenvalue weighted by Crippen LogP contribution is -2.08. The molecule has 30 heavy (non-hydrogen) atoms. The van der Waals surface area contributed by atoms with Gasteiger partial charge >= 0.3 is 0 Å². The monoisotopic (exact) mass is 394 g/mol. The molecule has 0 spiro atoms. The molecule has 0 fully saturated rings. The Morgan fingerprint density at radius 3 is 1.43 bits per heavy atom. The topological polar surface area (TPSA) is 74.8 Å². The zero-order valence-corrected chi connectivity index (χ0v) is 17.3. The van der Waals surface area contributed by atoms with Crippen LogP contribution in [0.2, 0.25) is 0 Å². The van der Waals surface area contributed by atoms with E-state index in [-0.39, 0.29) is 0 Å². The van der Waals surface area contributed by atoms with Crippen LogP contribution in [0.15, 0.2) is 72.8 Å². The highest BCUT2D eigenvalue weighted by Gasteiger charge is 2.09. The number of nitrogens with zero attached hydrogens (tertiary/aromatic N) is 3. The molecule has 1 aromatic heterocycles. The van der Waals surface area contributed by atoms with E-state index in [4.69, 9.17) is 0 Å². The SMILES string of the molecule is Bc1ccc(Nc2nc(Nc3cccc(C)c3)nc(Nc3cccc(C)c3)n2)cc1. The van der Waals surface area contributed by atoms with Gasteiger partial charge in [0.05, 0.1) is 0 Å². The molecule has 0 aliphatic carbocycles. The first-order valence-electron chi connectivity index (χ1n) is 9.81. The van der Waals surface area contributed by atoms with Gasteiger partial charge in [0.1, 0.15) is 7.85 Å². The highest BCUT2D eigenvalue weighted by Crippen LogP contribution is 2.21. The minimum absolute atomic E-state index is 0.458. The van der Waals surface area contributed by atoms with Crippen molar-refractivity contribution in [3.8, 4) is 0 Å². The molecule has 148 valence electrons. The molecule has 0 aliphatic rings. The van der Waals surface area contributed by atoms with Crippen LogP contribution in [0.4, 0.5) is 34.9 Å². The summed E-state index contributed by atoms with van der Waals surface area (Å²) < 4.78 is 0. The summed E-state index contributed by atoms with van der Waals surface area (Å²) in [6.07, 6.45) is 0. The summed E-state index contributed by atoms with van der Waals surface area (Å²) in [4.78, 5) is 13.7. The van der Waals surface area contributed by atoms with Crippen LogP contribution in [-0.2, 0) is 0 Å². The number of anilines is 6. The Morgan fingerprint density at radius 2 is 1.00 bits per heavy atom. The number of nitrogens with one attached hydrogen (secondary N) is 3. The van der Waals surface area contributed by atoms with E-state index in [1.165, 1.54) is 5.46 Å². The Bertz CT molecular complexity index is 1090. The normalized spacial score (nSPS) is 10.5. The average molecular weight is 394 g/mol. The molecule has 4 rings (SSSR count). The number of aryl methyl sites for hydroxylation is 2. The van der Waals surface area contributed by atoms with Crippen LogP contribution in [-0.4, -0.2) is 22.8 Å². The van der Waals surface area contributed by atoms with Gasteiger partial charge in [-0.15, -0.1) is 0 Å². The van der Waals surface area contributed by atoms with E-state index in [0.717, 1.165) is 28.2 Å². The summed E-state index contributed by atoms with van der Waals surface area (Å²) >= 11 is 0. The molecule has 1 heterocycles. The quantitative estimate of drug-likeness (QED) is 0.430. The van der Waals surface area contributed by atoms with Crippen molar-refractivity contribution in [1.82, 2.24) is 15.0 Å². The fraction of sp³-hybridized carbons (Fsp3) is 0.0870. The molecule has 3 N–H and O–H groups in total. The zero-order chi connectivity index (χ0) is 20.9. The molecule has 0 saturated heterocycles. The van der Waals surface area contributed by atoms with Crippen molar-refractivity contribution in [2.24, 2.45) is 0 Å². The second-order valence-electron chi connectivity index (χ2n) is 7.29. The van der Waals surface area contributed by atoms with Gasteiger partial charge in [-0.25, -0.2) is 0 Å². The van der Waals surface area contributed by atoms with Gasteiger partial charge in [0.25, 0.3) is 0 Å². The molecule has 0 bridgehead atoms. The van der Waals surface area contributed by atoms with Gasteiger partial charge in [-0.2, -0.15) is 15.0 Å². The van der Waals surface area contributed by atoms with Gasteiger partial charge in [0.15, 0.2) is 0 Å². The number of hydrogen-bond acceptors (Lipinski definition) is 6. The molecule has 0 atom stereocenters. The fourth-order valence-corrected chi connectivity index (χ4v) is 3.01. The van der Waals surface area contributed by atoms with Crippen molar-refractivity contribution in [1.29, 1.82) is 0 Å².